The monoisotopic (exact) mass is 604 g/mol. The van der Waals surface area contributed by atoms with Gasteiger partial charge in [0, 0.05) is 11.1 Å². The van der Waals surface area contributed by atoms with E-state index in [1.807, 2.05) is 24.3 Å². The van der Waals surface area contributed by atoms with Crippen LogP contribution in [0.15, 0.2) is 149 Å². The third kappa shape index (κ3) is 11.4. The molecule has 0 bridgehead atoms. The number of benzene rings is 1. The summed E-state index contributed by atoms with van der Waals surface area (Å²) >= 11 is 3.14. The van der Waals surface area contributed by atoms with Crippen molar-refractivity contribution in [2.75, 3.05) is 11.5 Å². The molecule has 0 aliphatic carbocycles. The van der Waals surface area contributed by atoms with Crippen LogP contribution >= 0.6 is 22.7 Å². The largest absolute Gasteiger partial charge is 0.396 e. The molecule has 2 N–H and O–H groups in total. The first-order valence-corrected chi connectivity index (χ1v) is 15.5. The summed E-state index contributed by atoms with van der Waals surface area (Å²) in [6, 6.07) is 16.4. The summed E-state index contributed by atoms with van der Waals surface area (Å²) in [4.78, 5) is 6.84. The van der Waals surface area contributed by atoms with Gasteiger partial charge >= 0.3 is 0 Å². The third-order valence-corrected chi connectivity index (χ3v) is 8.78. The Morgan fingerprint density at radius 3 is 1.93 bits per heavy atom. The van der Waals surface area contributed by atoms with E-state index in [1.165, 1.54) is 11.3 Å². The van der Waals surface area contributed by atoms with Crippen LogP contribution < -0.4 is 5.73 Å². The highest BCUT2D eigenvalue weighted by molar-refractivity contribution is 7.87. The number of nitrogens with zero attached hydrogens (tertiary/aromatic N) is 1. The van der Waals surface area contributed by atoms with Crippen molar-refractivity contribution in [2.45, 2.75) is 24.0 Å². The van der Waals surface area contributed by atoms with Crippen molar-refractivity contribution in [2.24, 2.45) is 0 Å². The molecule has 210 valence electrons. The van der Waals surface area contributed by atoms with Gasteiger partial charge in [0.05, 0.1) is 27.1 Å². The smallest absolute Gasteiger partial charge is 0.127 e. The van der Waals surface area contributed by atoms with Crippen LogP contribution in [-0.2, 0) is 10.8 Å². The number of nitrogens with two attached hydrogens (primary N) is 1. The molecule has 1 aromatic carbocycles. The van der Waals surface area contributed by atoms with Crippen LogP contribution in [-0.4, -0.2) is 14.9 Å². The number of thiophene rings is 2. The Bertz CT molecular complexity index is 1730. The predicted molar refractivity (Wildman–Crippen MR) is 184 cm³/mol. The van der Waals surface area contributed by atoms with Crippen molar-refractivity contribution in [3.63, 3.8) is 0 Å². The van der Waals surface area contributed by atoms with E-state index in [2.05, 4.69) is 128 Å². The summed E-state index contributed by atoms with van der Waals surface area (Å²) in [5.41, 5.74) is 31.5. The highest BCUT2D eigenvalue weighted by Crippen LogP contribution is 2.43. The van der Waals surface area contributed by atoms with Crippen LogP contribution in [0.1, 0.15) is 19.8 Å². The summed E-state index contributed by atoms with van der Waals surface area (Å²) in [5.74, 6) is 0.645. The van der Waals surface area contributed by atoms with Gasteiger partial charge in [-0.3, -0.25) is 4.21 Å². The topological polar surface area (TPSA) is 56.0 Å². The fourth-order valence-electron chi connectivity index (χ4n) is 3.21. The summed E-state index contributed by atoms with van der Waals surface area (Å²) in [6.07, 6.45) is 1.95. The van der Waals surface area contributed by atoms with E-state index in [1.54, 1.807) is 11.3 Å². The van der Waals surface area contributed by atoms with Gasteiger partial charge in [-0.05, 0) is 84.3 Å². The molecule has 0 fully saturated rings. The molecule has 6 heteroatoms. The Hall–Kier alpha value is -4.78. The molecule has 3 heterocycles. The maximum absolute atomic E-state index is 12.8. The maximum atomic E-state index is 12.8. The molecule has 1 atom stereocenters. The Morgan fingerprint density at radius 1 is 0.881 bits per heavy atom. The number of hydrogen-bond donors (Lipinski definition) is 1. The fraction of sp³-hybridized carbons (Fsp3) is 0.111. The average Bonchev–Trinajstić information content (AvgIpc) is 3.67. The lowest BCUT2D eigenvalue weighted by atomic mass is 10.0. The van der Waals surface area contributed by atoms with Gasteiger partial charge < -0.3 is 5.73 Å². The first-order valence-electron chi connectivity index (χ1n) is 12.5. The quantitative estimate of drug-likeness (QED) is 0.223. The third-order valence-electron chi connectivity index (χ3n) is 4.89. The molecule has 0 spiro atoms. The van der Waals surface area contributed by atoms with Gasteiger partial charge in [0.15, 0.2) is 0 Å². The van der Waals surface area contributed by atoms with Gasteiger partial charge in [-0.15, -0.1) is 28.4 Å². The minimum absolute atomic E-state index is 0.619. The SMILES string of the molecule is C=C=C.C=C=C=C=C=C.C=C=C=C=C=C.CCCC[S@](=O)c1sc2nc(-c3cccs3)cc(-c3ccccc3)c2c1N. The van der Waals surface area contributed by atoms with Gasteiger partial charge in [-0.1, -0.05) is 85.8 Å². The van der Waals surface area contributed by atoms with E-state index in [4.69, 9.17) is 10.7 Å². The molecule has 0 unspecified atom stereocenters. The zero-order valence-corrected chi connectivity index (χ0v) is 26.2. The van der Waals surface area contributed by atoms with E-state index in [9.17, 15) is 4.21 Å². The number of rotatable bonds is 6. The summed E-state index contributed by atoms with van der Waals surface area (Å²) in [5, 5.41) is 2.98. The van der Waals surface area contributed by atoms with Crippen molar-refractivity contribution >= 4 is 49.4 Å². The number of fused-ring (bicyclic) bond motifs is 1. The van der Waals surface area contributed by atoms with Gasteiger partial charge in [0.2, 0.25) is 0 Å². The maximum Gasteiger partial charge on any atom is 0.127 e. The van der Waals surface area contributed by atoms with E-state index >= 15 is 0 Å². The lowest BCUT2D eigenvalue weighted by Gasteiger charge is -2.08. The van der Waals surface area contributed by atoms with E-state index < -0.39 is 10.8 Å². The molecule has 0 saturated carbocycles. The van der Waals surface area contributed by atoms with Gasteiger partial charge in [-0.2, -0.15) is 0 Å². The number of aromatic nitrogens is 1. The van der Waals surface area contributed by atoms with Gasteiger partial charge in [0.25, 0.3) is 0 Å². The summed E-state index contributed by atoms with van der Waals surface area (Å²) in [7, 11) is -1.08. The number of unbranched alkanes of at least 4 members (excludes halogenated alkanes) is 1. The fourth-order valence-corrected chi connectivity index (χ4v) is 6.69. The Balaban J connectivity index is 0.000000489. The number of hydrogen-bond acceptors (Lipinski definition) is 5. The highest BCUT2D eigenvalue weighted by Gasteiger charge is 2.20. The summed E-state index contributed by atoms with van der Waals surface area (Å²) < 4.78 is 13.5. The minimum atomic E-state index is -1.08. The second-order valence-corrected chi connectivity index (χ2v) is 11.5. The zero-order valence-electron chi connectivity index (χ0n) is 23.7. The van der Waals surface area contributed by atoms with Crippen molar-refractivity contribution in [1.82, 2.24) is 4.98 Å². The number of pyridine rings is 1. The minimum Gasteiger partial charge on any atom is -0.396 e. The van der Waals surface area contributed by atoms with Crippen LogP contribution in [0.5, 0.6) is 0 Å². The second-order valence-electron chi connectivity index (χ2n) is 7.74. The van der Waals surface area contributed by atoms with Crippen LogP contribution in [0.25, 0.3) is 31.9 Å². The van der Waals surface area contributed by atoms with Crippen LogP contribution in [0.2, 0.25) is 0 Å². The lowest BCUT2D eigenvalue weighted by molar-refractivity contribution is 0.681. The molecule has 3 nitrogen and oxygen atoms in total. The zero-order chi connectivity index (χ0) is 31.2. The van der Waals surface area contributed by atoms with Crippen molar-refractivity contribution in [1.29, 1.82) is 0 Å². The normalized spacial score (nSPS) is 9.17. The van der Waals surface area contributed by atoms with Crippen LogP contribution in [0.3, 0.4) is 0 Å². The molecular weight excluding hydrogens is 573 g/mol. The average molecular weight is 605 g/mol. The van der Waals surface area contributed by atoms with E-state index in [0.29, 0.717) is 11.4 Å². The first-order chi connectivity index (χ1) is 20.4. The number of anilines is 1. The number of nitrogen functional groups attached to an aromatic ring is 1. The molecule has 42 heavy (non-hydrogen) atoms. The lowest BCUT2D eigenvalue weighted by Crippen LogP contribution is -1.99. The predicted octanol–water partition coefficient (Wildman–Crippen LogP) is 9.98. The van der Waals surface area contributed by atoms with E-state index in [0.717, 1.165) is 49.0 Å². The summed E-state index contributed by atoms with van der Waals surface area (Å²) in [6.45, 7) is 21.3. The Kier molecular flexibility index (Phi) is 17.6. The molecule has 0 radical (unpaired) electrons. The Morgan fingerprint density at radius 2 is 1.45 bits per heavy atom. The molecular formula is C36H32N2OS3. The van der Waals surface area contributed by atoms with Crippen LogP contribution in [0.4, 0.5) is 5.69 Å². The van der Waals surface area contributed by atoms with Gasteiger partial charge in [-0.25, -0.2) is 4.98 Å². The first kappa shape index (κ1) is 35.2. The van der Waals surface area contributed by atoms with Gasteiger partial charge in [0.1, 0.15) is 9.04 Å². The van der Waals surface area contributed by atoms with E-state index in [-0.39, 0.29) is 0 Å². The molecule has 4 aromatic rings. The second kappa shape index (κ2) is 21.0. The highest BCUT2D eigenvalue weighted by atomic mass is 32.2. The standard InChI is InChI=1S/C21H20N2OS3.2C6H4.C3H4/c1-2-3-12-27(24)21-19(22)18-15(14-8-5-4-6-9-14)13-16(23-20(18)26-21)17-10-7-11-25-17;2*1-3-5-6-4-2;1-3-2/h4-11,13H,2-3,12,22H2,1H3;2*1-2H2;1-2H2/t27-;;;/m0.../s1. The molecule has 0 aliphatic heterocycles. The molecule has 0 aliphatic rings. The molecule has 0 saturated heterocycles. The Labute approximate surface area is 259 Å². The van der Waals surface area contributed by atoms with Crippen LogP contribution in [0, 0.1) is 0 Å². The van der Waals surface area contributed by atoms with Crippen molar-refractivity contribution < 1.29 is 4.21 Å². The van der Waals surface area contributed by atoms with Crippen molar-refractivity contribution in [3.8, 4) is 21.7 Å². The molecule has 3 aromatic heterocycles. The van der Waals surface area contributed by atoms with Crippen molar-refractivity contribution in [3.05, 3.63) is 145 Å². The molecule has 0 amide bonds. The molecule has 4 rings (SSSR count).